The number of nitrogens with one attached hydrogen (secondary N) is 1. The molecule has 0 saturated heterocycles. The summed E-state index contributed by atoms with van der Waals surface area (Å²) in [5.74, 6) is 0.175. The minimum Gasteiger partial charge on any atom is -0.307 e. The number of ketones is 1. The van der Waals surface area contributed by atoms with E-state index in [2.05, 4.69) is 10.5 Å². The van der Waals surface area contributed by atoms with Crippen LogP contribution in [-0.4, -0.2) is 18.0 Å². The molecule has 2 rings (SSSR count). The molecule has 1 aliphatic rings. The van der Waals surface area contributed by atoms with Gasteiger partial charge < -0.3 is 5.43 Å². The topological polar surface area (TPSA) is 41.5 Å². The zero-order chi connectivity index (χ0) is 9.80. The van der Waals surface area contributed by atoms with Crippen LogP contribution in [0.25, 0.3) is 0 Å². The van der Waals surface area contributed by atoms with E-state index >= 15 is 0 Å². The molecular formula is C11H12N2O. The second-order valence-electron chi connectivity index (χ2n) is 3.37. The van der Waals surface area contributed by atoms with E-state index in [0.29, 0.717) is 6.42 Å². The quantitative estimate of drug-likeness (QED) is 0.732. The van der Waals surface area contributed by atoms with Crippen molar-refractivity contribution in [3.63, 3.8) is 0 Å². The molecule has 1 aromatic carbocycles. The number of rotatable bonds is 3. The van der Waals surface area contributed by atoms with Gasteiger partial charge in [-0.2, -0.15) is 5.10 Å². The molecular weight excluding hydrogens is 176 g/mol. The van der Waals surface area contributed by atoms with Crippen LogP contribution in [0.4, 0.5) is 0 Å². The molecule has 1 heterocycles. The van der Waals surface area contributed by atoms with Gasteiger partial charge in [0.25, 0.3) is 0 Å². The van der Waals surface area contributed by atoms with Gasteiger partial charge in [-0.1, -0.05) is 30.3 Å². The maximum absolute atomic E-state index is 11.7. The van der Waals surface area contributed by atoms with Crippen molar-refractivity contribution < 1.29 is 4.79 Å². The van der Waals surface area contributed by atoms with Crippen LogP contribution in [0.1, 0.15) is 23.2 Å². The van der Waals surface area contributed by atoms with Gasteiger partial charge in [0.1, 0.15) is 0 Å². The molecule has 1 atom stereocenters. The third-order valence-corrected chi connectivity index (χ3v) is 2.27. The molecule has 72 valence electrons. The molecule has 1 unspecified atom stereocenters. The van der Waals surface area contributed by atoms with Gasteiger partial charge in [-0.3, -0.25) is 4.79 Å². The Morgan fingerprint density at radius 3 is 2.86 bits per heavy atom. The van der Waals surface area contributed by atoms with E-state index in [1.165, 1.54) is 0 Å². The molecule has 1 aliphatic heterocycles. The number of carbonyl (C=O) groups excluding carboxylic acids is 1. The molecule has 0 aliphatic carbocycles. The number of hydrazone groups is 1. The highest BCUT2D eigenvalue weighted by Crippen LogP contribution is 2.08. The third-order valence-electron chi connectivity index (χ3n) is 2.27. The monoisotopic (exact) mass is 188 g/mol. The van der Waals surface area contributed by atoms with Crippen LogP contribution in [0.15, 0.2) is 35.4 Å². The number of nitrogens with zero attached hydrogens (tertiary/aromatic N) is 1. The summed E-state index contributed by atoms with van der Waals surface area (Å²) in [5, 5.41) is 3.88. The maximum atomic E-state index is 11.7. The van der Waals surface area contributed by atoms with Crippen LogP contribution in [0.5, 0.6) is 0 Å². The standard InChI is InChI=1S/C11H12N2O/c14-11(8-10-6-7-12-13-10)9-4-2-1-3-5-9/h1-5,7,10,13H,6,8H2. The highest BCUT2D eigenvalue weighted by molar-refractivity contribution is 5.96. The summed E-state index contributed by atoms with van der Waals surface area (Å²) in [4.78, 5) is 11.7. The molecule has 0 radical (unpaired) electrons. The van der Waals surface area contributed by atoms with E-state index in [1.807, 2.05) is 36.5 Å². The predicted molar refractivity (Wildman–Crippen MR) is 55.4 cm³/mol. The first-order chi connectivity index (χ1) is 6.86. The van der Waals surface area contributed by atoms with Gasteiger partial charge in [0, 0.05) is 24.6 Å². The fourth-order valence-electron chi connectivity index (χ4n) is 1.49. The second kappa shape index (κ2) is 4.05. The highest BCUT2D eigenvalue weighted by Gasteiger charge is 2.15. The lowest BCUT2D eigenvalue weighted by Gasteiger charge is -2.07. The minimum absolute atomic E-state index is 0.175. The van der Waals surface area contributed by atoms with E-state index in [0.717, 1.165) is 12.0 Å². The third kappa shape index (κ3) is 1.99. The fraction of sp³-hybridized carbons (Fsp3) is 0.273. The molecule has 0 bridgehead atoms. The van der Waals surface area contributed by atoms with Crippen molar-refractivity contribution in [1.82, 2.24) is 5.43 Å². The van der Waals surface area contributed by atoms with Crippen molar-refractivity contribution >= 4 is 12.0 Å². The Bertz CT molecular complexity index is 338. The van der Waals surface area contributed by atoms with E-state index in [1.54, 1.807) is 0 Å². The number of Topliss-reactive ketones (excluding diaryl/α,β-unsaturated/α-hetero) is 1. The Morgan fingerprint density at radius 2 is 2.21 bits per heavy atom. The SMILES string of the molecule is O=C(CC1CC=NN1)c1ccccc1. The summed E-state index contributed by atoms with van der Waals surface area (Å²) in [7, 11) is 0. The van der Waals surface area contributed by atoms with Crippen LogP contribution < -0.4 is 5.43 Å². The molecule has 3 heteroatoms. The Morgan fingerprint density at radius 1 is 1.43 bits per heavy atom. The number of benzene rings is 1. The van der Waals surface area contributed by atoms with E-state index in [4.69, 9.17) is 0 Å². The first-order valence-electron chi connectivity index (χ1n) is 4.71. The average Bonchev–Trinajstić information content (AvgIpc) is 2.72. The van der Waals surface area contributed by atoms with Gasteiger partial charge in [-0.15, -0.1) is 0 Å². The van der Waals surface area contributed by atoms with Crippen LogP contribution in [-0.2, 0) is 0 Å². The molecule has 1 aromatic rings. The highest BCUT2D eigenvalue weighted by atomic mass is 16.1. The zero-order valence-electron chi connectivity index (χ0n) is 7.81. The molecule has 14 heavy (non-hydrogen) atoms. The van der Waals surface area contributed by atoms with Crippen LogP contribution in [0.3, 0.4) is 0 Å². The van der Waals surface area contributed by atoms with Crippen molar-refractivity contribution in [2.75, 3.05) is 0 Å². The number of hydrogen-bond donors (Lipinski definition) is 1. The lowest BCUT2D eigenvalue weighted by Crippen LogP contribution is -2.22. The van der Waals surface area contributed by atoms with Crippen LogP contribution in [0.2, 0.25) is 0 Å². The Balaban J connectivity index is 1.96. The van der Waals surface area contributed by atoms with Gasteiger partial charge in [0.05, 0.1) is 6.04 Å². The van der Waals surface area contributed by atoms with Gasteiger partial charge in [0.2, 0.25) is 0 Å². The lowest BCUT2D eigenvalue weighted by molar-refractivity contribution is 0.0971. The van der Waals surface area contributed by atoms with Crippen molar-refractivity contribution in [3.05, 3.63) is 35.9 Å². The molecule has 0 spiro atoms. The largest absolute Gasteiger partial charge is 0.307 e. The van der Waals surface area contributed by atoms with Crippen LogP contribution >= 0.6 is 0 Å². The Kier molecular flexibility index (Phi) is 2.58. The van der Waals surface area contributed by atoms with Crippen molar-refractivity contribution in [2.45, 2.75) is 18.9 Å². The van der Waals surface area contributed by atoms with Crippen molar-refractivity contribution in [3.8, 4) is 0 Å². The first-order valence-corrected chi connectivity index (χ1v) is 4.71. The summed E-state index contributed by atoms with van der Waals surface area (Å²) in [6, 6.07) is 9.55. The summed E-state index contributed by atoms with van der Waals surface area (Å²) in [5.41, 5.74) is 3.68. The van der Waals surface area contributed by atoms with Crippen molar-refractivity contribution in [1.29, 1.82) is 0 Å². The second-order valence-corrected chi connectivity index (χ2v) is 3.37. The maximum Gasteiger partial charge on any atom is 0.164 e. The zero-order valence-corrected chi connectivity index (χ0v) is 7.81. The van der Waals surface area contributed by atoms with Crippen molar-refractivity contribution in [2.24, 2.45) is 5.10 Å². The van der Waals surface area contributed by atoms with E-state index in [9.17, 15) is 4.79 Å². The van der Waals surface area contributed by atoms with E-state index < -0.39 is 0 Å². The Labute approximate surface area is 82.8 Å². The summed E-state index contributed by atoms with van der Waals surface area (Å²) in [6.07, 6.45) is 3.17. The lowest BCUT2D eigenvalue weighted by atomic mass is 10.0. The average molecular weight is 188 g/mol. The molecule has 3 nitrogen and oxygen atoms in total. The summed E-state index contributed by atoms with van der Waals surface area (Å²) in [6.45, 7) is 0. The predicted octanol–water partition coefficient (Wildman–Crippen LogP) is 1.61. The molecule has 0 fully saturated rings. The van der Waals surface area contributed by atoms with Gasteiger partial charge in [0.15, 0.2) is 5.78 Å². The summed E-state index contributed by atoms with van der Waals surface area (Å²) >= 11 is 0. The Hall–Kier alpha value is -1.64. The molecule has 0 amide bonds. The first kappa shape index (κ1) is 8.94. The van der Waals surface area contributed by atoms with Gasteiger partial charge in [-0.05, 0) is 0 Å². The molecule has 0 aromatic heterocycles. The van der Waals surface area contributed by atoms with Gasteiger partial charge in [-0.25, -0.2) is 0 Å². The van der Waals surface area contributed by atoms with Crippen LogP contribution in [0, 0.1) is 0 Å². The minimum atomic E-state index is 0.175. The fourth-order valence-corrected chi connectivity index (χ4v) is 1.49. The smallest absolute Gasteiger partial charge is 0.164 e. The number of carbonyl (C=O) groups is 1. The van der Waals surface area contributed by atoms with E-state index in [-0.39, 0.29) is 11.8 Å². The van der Waals surface area contributed by atoms with Gasteiger partial charge >= 0.3 is 0 Å². The summed E-state index contributed by atoms with van der Waals surface area (Å²) < 4.78 is 0. The normalized spacial score (nSPS) is 19.3. The molecule has 1 N–H and O–H groups in total. The molecule has 0 saturated carbocycles. The number of hydrogen-bond acceptors (Lipinski definition) is 3.